The molecule has 2 amide bonds. The maximum absolute atomic E-state index is 12.6. The molecule has 2 heterocycles. The van der Waals surface area contributed by atoms with Gasteiger partial charge in [0.1, 0.15) is 0 Å². The summed E-state index contributed by atoms with van der Waals surface area (Å²) in [6.45, 7) is 8.98. The molecule has 146 valence electrons. The zero-order chi connectivity index (χ0) is 19.4. The van der Waals surface area contributed by atoms with E-state index in [0.29, 0.717) is 12.5 Å². The van der Waals surface area contributed by atoms with Crippen LogP contribution in [0.25, 0.3) is 5.69 Å². The fourth-order valence-corrected chi connectivity index (χ4v) is 3.68. The van der Waals surface area contributed by atoms with Gasteiger partial charge in [0.25, 0.3) is 0 Å². The summed E-state index contributed by atoms with van der Waals surface area (Å²) < 4.78 is 7.68. The first kappa shape index (κ1) is 19.4. The Morgan fingerprint density at radius 2 is 2.04 bits per heavy atom. The predicted molar refractivity (Wildman–Crippen MR) is 107 cm³/mol. The number of urea groups is 1. The van der Waals surface area contributed by atoms with Gasteiger partial charge in [0.2, 0.25) is 0 Å². The standard InChI is InChI=1S/C21H30N4O2/c1-14(2)12-19-13-17(10-11-27-19)22-21(26)23-20-15(3)24-25(16(20)4)18-8-6-5-7-9-18/h5-9,14,17,19H,10-13H2,1-4H3,(H2,22,23,26). The second-order valence-corrected chi connectivity index (χ2v) is 7.74. The number of ether oxygens (including phenoxy) is 1. The Morgan fingerprint density at radius 3 is 2.74 bits per heavy atom. The highest BCUT2D eigenvalue weighted by molar-refractivity contribution is 5.90. The van der Waals surface area contributed by atoms with Crippen molar-refractivity contribution in [2.45, 2.75) is 59.1 Å². The molecule has 2 atom stereocenters. The number of nitrogens with zero attached hydrogens (tertiary/aromatic N) is 2. The minimum absolute atomic E-state index is 0.146. The number of nitrogens with one attached hydrogen (secondary N) is 2. The lowest BCUT2D eigenvalue weighted by atomic mass is 9.96. The maximum atomic E-state index is 12.6. The highest BCUT2D eigenvalue weighted by Crippen LogP contribution is 2.23. The van der Waals surface area contributed by atoms with E-state index in [2.05, 4.69) is 29.6 Å². The molecule has 1 aromatic carbocycles. The number of aryl methyl sites for hydroxylation is 1. The number of aromatic nitrogens is 2. The van der Waals surface area contributed by atoms with Crippen LogP contribution < -0.4 is 10.6 Å². The molecule has 2 aromatic rings. The van der Waals surface area contributed by atoms with Crippen LogP contribution in [0.15, 0.2) is 30.3 Å². The van der Waals surface area contributed by atoms with Gasteiger partial charge in [0, 0.05) is 12.6 Å². The molecule has 2 unspecified atom stereocenters. The molecular formula is C21H30N4O2. The van der Waals surface area contributed by atoms with E-state index in [4.69, 9.17) is 4.74 Å². The Bertz CT molecular complexity index is 770. The number of hydrogen-bond acceptors (Lipinski definition) is 3. The summed E-state index contributed by atoms with van der Waals surface area (Å²) in [5, 5.41) is 10.7. The summed E-state index contributed by atoms with van der Waals surface area (Å²) in [6.07, 6.45) is 2.98. The average molecular weight is 370 g/mol. The van der Waals surface area contributed by atoms with E-state index in [0.717, 1.165) is 42.0 Å². The van der Waals surface area contributed by atoms with Gasteiger partial charge in [0.15, 0.2) is 0 Å². The smallest absolute Gasteiger partial charge is 0.319 e. The molecule has 0 bridgehead atoms. The summed E-state index contributed by atoms with van der Waals surface area (Å²) in [5.41, 5.74) is 3.46. The minimum Gasteiger partial charge on any atom is -0.378 e. The van der Waals surface area contributed by atoms with E-state index in [1.807, 2.05) is 48.9 Å². The van der Waals surface area contributed by atoms with E-state index < -0.39 is 0 Å². The Morgan fingerprint density at radius 1 is 1.30 bits per heavy atom. The summed E-state index contributed by atoms with van der Waals surface area (Å²) >= 11 is 0. The fraction of sp³-hybridized carbons (Fsp3) is 0.524. The van der Waals surface area contributed by atoms with E-state index in [-0.39, 0.29) is 18.2 Å². The Labute approximate surface area is 161 Å². The van der Waals surface area contributed by atoms with E-state index in [1.54, 1.807) is 0 Å². The van der Waals surface area contributed by atoms with Crippen molar-refractivity contribution < 1.29 is 9.53 Å². The molecule has 1 saturated heterocycles. The number of anilines is 1. The second-order valence-electron chi connectivity index (χ2n) is 7.74. The molecule has 27 heavy (non-hydrogen) atoms. The molecule has 0 aliphatic carbocycles. The first-order chi connectivity index (χ1) is 12.9. The fourth-order valence-electron chi connectivity index (χ4n) is 3.68. The van der Waals surface area contributed by atoms with E-state index in [1.165, 1.54) is 0 Å². The lowest BCUT2D eigenvalue weighted by Gasteiger charge is -2.31. The quantitative estimate of drug-likeness (QED) is 0.829. The maximum Gasteiger partial charge on any atom is 0.319 e. The molecule has 0 radical (unpaired) electrons. The van der Waals surface area contributed by atoms with Crippen LogP contribution in [0.2, 0.25) is 0 Å². The van der Waals surface area contributed by atoms with Gasteiger partial charge in [-0.25, -0.2) is 9.48 Å². The van der Waals surface area contributed by atoms with Gasteiger partial charge in [-0.3, -0.25) is 0 Å². The lowest BCUT2D eigenvalue weighted by molar-refractivity contribution is -0.00717. The molecule has 1 aliphatic rings. The van der Waals surface area contributed by atoms with Gasteiger partial charge >= 0.3 is 6.03 Å². The monoisotopic (exact) mass is 370 g/mol. The molecule has 0 saturated carbocycles. The third-order valence-corrected chi connectivity index (χ3v) is 4.97. The van der Waals surface area contributed by atoms with Crippen molar-refractivity contribution in [2.75, 3.05) is 11.9 Å². The molecular weight excluding hydrogens is 340 g/mol. The average Bonchev–Trinajstić information content (AvgIpc) is 2.90. The van der Waals surface area contributed by atoms with Gasteiger partial charge in [-0.1, -0.05) is 32.0 Å². The van der Waals surface area contributed by atoms with Crippen LogP contribution in [0.1, 0.15) is 44.5 Å². The number of rotatable bonds is 5. The van der Waals surface area contributed by atoms with Crippen molar-refractivity contribution >= 4 is 11.7 Å². The van der Waals surface area contributed by atoms with Crippen molar-refractivity contribution in [3.63, 3.8) is 0 Å². The van der Waals surface area contributed by atoms with Gasteiger partial charge in [-0.05, 0) is 51.2 Å². The Kier molecular flexibility index (Phi) is 6.16. The van der Waals surface area contributed by atoms with Gasteiger partial charge < -0.3 is 15.4 Å². The summed E-state index contributed by atoms with van der Waals surface area (Å²) in [6, 6.07) is 9.90. The molecule has 1 aliphatic heterocycles. The van der Waals surface area contributed by atoms with Crippen LogP contribution in [0.5, 0.6) is 0 Å². The number of para-hydroxylation sites is 1. The molecule has 2 N–H and O–H groups in total. The molecule has 3 rings (SSSR count). The van der Waals surface area contributed by atoms with Crippen LogP contribution in [0.3, 0.4) is 0 Å². The molecule has 6 nitrogen and oxygen atoms in total. The highest BCUT2D eigenvalue weighted by Gasteiger charge is 2.25. The predicted octanol–water partition coefficient (Wildman–Crippen LogP) is 4.20. The van der Waals surface area contributed by atoms with Crippen LogP contribution >= 0.6 is 0 Å². The molecule has 0 spiro atoms. The SMILES string of the molecule is Cc1nn(-c2ccccc2)c(C)c1NC(=O)NC1CCOC(CC(C)C)C1. The second kappa shape index (κ2) is 8.57. The number of hydrogen-bond donors (Lipinski definition) is 2. The lowest BCUT2D eigenvalue weighted by Crippen LogP contribution is -2.44. The Hall–Kier alpha value is -2.34. The van der Waals surface area contributed by atoms with Crippen molar-refractivity contribution in [3.05, 3.63) is 41.7 Å². The first-order valence-electron chi connectivity index (χ1n) is 9.74. The normalized spacial score (nSPS) is 19.9. The van der Waals surface area contributed by atoms with Crippen LogP contribution in [-0.4, -0.2) is 34.6 Å². The number of amides is 2. The summed E-state index contributed by atoms with van der Waals surface area (Å²) in [7, 11) is 0. The van der Waals surface area contributed by atoms with Crippen LogP contribution in [0.4, 0.5) is 10.5 Å². The molecule has 1 aromatic heterocycles. The van der Waals surface area contributed by atoms with Crippen molar-refractivity contribution in [2.24, 2.45) is 5.92 Å². The third-order valence-electron chi connectivity index (χ3n) is 4.97. The van der Waals surface area contributed by atoms with Crippen molar-refractivity contribution in [1.29, 1.82) is 0 Å². The molecule has 1 fully saturated rings. The number of benzene rings is 1. The van der Waals surface area contributed by atoms with Crippen LogP contribution in [0, 0.1) is 19.8 Å². The zero-order valence-electron chi connectivity index (χ0n) is 16.7. The highest BCUT2D eigenvalue weighted by atomic mass is 16.5. The first-order valence-corrected chi connectivity index (χ1v) is 9.74. The number of carbonyl (C=O) groups excluding carboxylic acids is 1. The van der Waals surface area contributed by atoms with Crippen molar-refractivity contribution in [1.82, 2.24) is 15.1 Å². The van der Waals surface area contributed by atoms with Gasteiger partial charge in [-0.15, -0.1) is 0 Å². The molecule has 6 heteroatoms. The largest absolute Gasteiger partial charge is 0.378 e. The van der Waals surface area contributed by atoms with E-state index >= 15 is 0 Å². The topological polar surface area (TPSA) is 68.2 Å². The van der Waals surface area contributed by atoms with E-state index in [9.17, 15) is 4.79 Å². The van der Waals surface area contributed by atoms with Crippen LogP contribution in [-0.2, 0) is 4.74 Å². The minimum atomic E-state index is -0.177. The van der Waals surface area contributed by atoms with Gasteiger partial charge in [0.05, 0.1) is 28.9 Å². The number of carbonyl (C=O) groups is 1. The Balaban J connectivity index is 1.64. The van der Waals surface area contributed by atoms with Crippen molar-refractivity contribution in [3.8, 4) is 5.69 Å². The van der Waals surface area contributed by atoms with Gasteiger partial charge in [-0.2, -0.15) is 5.10 Å². The summed E-state index contributed by atoms with van der Waals surface area (Å²) in [4.78, 5) is 12.6. The summed E-state index contributed by atoms with van der Waals surface area (Å²) in [5.74, 6) is 0.594. The third kappa shape index (κ3) is 4.89. The zero-order valence-corrected chi connectivity index (χ0v) is 16.7.